The molecule has 1 heterocycles. The SMILES string of the molecule is COCC1(CNCc2nccs2)C[C@@H](O)[C@@H](O)C1. The van der Waals surface area contributed by atoms with Crippen LogP contribution >= 0.6 is 11.3 Å². The van der Waals surface area contributed by atoms with E-state index >= 15 is 0 Å². The third kappa shape index (κ3) is 3.27. The second-order valence-electron chi connectivity index (χ2n) is 5.01. The molecule has 0 bridgehead atoms. The molecule has 18 heavy (non-hydrogen) atoms. The lowest BCUT2D eigenvalue weighted by atomic mass is 9.87. The topological polar surface area (TPSA) is 74.6 Å². The summed E-state index contributed by atoms with van der Waals surface area (Å²) in [5.41, 5.74) is -0.176. The average molecular weight is 272 g/mol. The monoisotopic (exact) mass is 272 g/mol. The zero-order chi connectivity index (χ0) is 13.0. The minimum Gasteiger partial charge on any atom is -0.390 e. The minimum atomic E-state index is -0.637. The Morgan fingerprint density at radius 3 is 2.78 bits per heavy atom. The standard InChI is InChI=1S/C12H20N2O3S/c1-17-8-12(4-9(15)10(16)5-12)7-13-6-11-14-2-3-18-11/h2-3,9-10,13,15-16H,4-8H2,1H3/t9-,10+,12?. The van der Waals surface area contributed by atoms with Crippen molar-refractivity contribution < 1.29 is 14.9 Å². The van der Waals surface area contributed by atoms with Gasteiger partial charge in [0.15, 0.2) is 0 Å². The molecule has 1 aliphatic rings. The average Bonchev–Trinajstić information content (AvgIpc) is 2.90. The molecular weight excluding hydrogens is 252 g/mol. The molecule has 0 aromatic carbocycles. The van der Waals surface area contributed by atoms with Crippen LogP contribution in [0.1, 0.15) is 17.8 Å². The largest absolute Gasteiger partial charge is 0.390 e. The van der Waals surface area contributed by atoms with Gasteiger partial charge >= 0.3 is 0 Å². The quantitative estimate of drug-likeness (QED) is 0.698. The molecule has 1 aliphatic carbocycles. The zero-order valence-electron chi connectivity index (χ0n) is 10.5. The van der Waals surface area contributed by atoms with Crippen LogP contribution in [0.5, 0.6) is 0 Å². The Hall–Kier alpha value is -0.530. The Morgan fingerprint density at radius 2 is 2.22 bits per heavy atom. The Labute approximate surface area is 111 Å². The molecule has 1 unspecified atom stereocenters. The molecule has 6 heteroatoms. The van der Waals surface area contributed by atoms with E-state index in [1.807, 2.05) is 5.38 Å². The zero-order valence-corrected chi connectivity index (χ0v) is 11.3. The molecular formula is C12H20N2O3S. The lowest BCUT2D eigenvalue weighted by Crippen LogP contribution is -2.36. The summed E-state index contributed by atoms with van der Waals surface area (Å²) in [7, 11) is 1.65. The van der Waals surface area contributed by atoms with Gasteiger partial charge in [-0.25, -0.2) is 4.98 Å². The van der Waals surface area contributed by atoms with Crippen LogP contribution in [0.15, 0.2) is 11.6 Å². The van der Waals surface area contributed by atoms with Crippen LogP contribution in [-0.4, -0.2) is 47.7 Å². The summed E-state index contributed by atoms with van der Waals surface area (Å²) < 4.78 is 5.24. The van der Waals surface area contributed by atoms with Gasteiger partial charge < -0.3 is 20.3 Å². The molecule has 1 aromatic rings. The molecule has 2 rings (SSSR count). The molecule has 1 fully saturated rings. The summed E-state index contributed by atoms with van der Waals surface area (Å²) in [5, 5.41) is 25.7. The van der Waals surface area contributed by atoms with Gasteiger partial charge in [0.25, 0.3) is 0 Å². The predicted octanol–water partition coefficient (Wildman–Crippen LogP) is 0.381. The molecule has 0 amide bonds. The number of aromatic nitrogens is 1. The Morgan fingerprint density at radius 1 is 1.50 bits per heavy atom. The number of methoxy groups -OCH3 is 1. The van der Waals surface area contributed by atoms with Gasteiger partial charge in [0.05, 0.1) is 18.8 Å². The molecule has 1 saturated carbocycles. The summed E-state index contributed by atoms with van der Waals surface area (Å²) in [4.78, 5) is 4.20. The number of hydrogen-bond donors (Lipinski definition) is 3. The van der Waals surface area contributed by atoms with Crippen LogP contribution in [0.2, 0.25) is 0 Å². The highest BCUT2D eigenvalue weighted by Gasteiger charge is 2.43. The van der Waals surface area contributed by atoms with E-state index < -0.39 is 12.2 Å². The van der Waals surface area contributed by atoms with E-state index in [4.69, 9.17) is 4.74 Å². The third-order valence-corrected chi connectivity index (χ3v) is 4.22. The molecule has 0 spiro atoms. The molecule has 3 atom stereocenters. The second-order valence-corrected chi connectivity index (χ2v) is 5.98. The van der Waals surface area contributed by atoms with E-state index in [-0.39, 0.29) is 5.41 Å². The summed E-state index contributed by atoms with van der Waals surface area (Å²) in [5.74, 6) is 0. The van der Waals surface area contributed by atoms with Gasteiger partial charge in [-0.3, -0.25) is 0 Å². The summed E-state index contributed by atoms with van der Waals surface area (Å²) in [6.45, 7) is 1.98. The van der Waals surface area contributed by atoms with Gasteiger partial charge in [-0.15, -0.1) is 11.3 Å². The number of ether oxygens (including phenoxy) is 1. The maximum absolute atomic E-state index is 9.70. The Kier molecular flexibility index (Phi) is 4.69. The van der Waals surface area contributed by atoms with Crippen molar-refractivity contribution in [2.75, 3.05) is 20.3 Å². The predicted molar refractivity (Wildman–Crippen MR) is 69.4 cm³/mol. The second kappa shape index (κ2) is 6.08. The van der Waals surface area contributed by atoms with Crippen LogP contribution in [0, 0.1) is 5.41 Å². The first-order valence-electron chi connectivity index (χ1n) is 6.09. The smallest absolute Gasteiger partial charge is 0.106 e. The van der Waals surface area contributed by atoms with E-state index in [0.717, 1.165) is 11.6 Å². The van der Waals surface area contributed by atoms with Gasteiger partial charge in [0.1, 0.15) is 5.01 Å². The van der Waals surface area contributed by atoms with Crippen LogP contribution in [-0.2, 0) is 11.3 Å². The summed E-state index contributed by atoms with van der Waals surface area (Å²) in [6.07, 6.45) is 1.67. The molecule has 0 radical (unpaired) electrons. The normalized spacial score (nSPS) is 31.9. The molecule has 102 valence electrons. The number of rotatable bonds is 6. The van der Waals surface area contributed by atoms with Crippen LogP contribution < -0.4 is 5.32 Å². The highest BCUT2D eigenvalue weighted by molar-refractivity contribution is 7.09. The number of nitrogens with one attached hydrogen (secondary N) is 1. The fourth-order valence-electron chi connectivity index (χ4n) is 2.64. The van der Waals surface area contributed by atoms with Gasteiger partial charge in [0.2, 0.25) is 0 Å². The first-order valence-corrected chi connectivity index (χ1v) is 6.97. The van der Waals surface area contributed by atoms with Crippen molar-refractivity contribution in [3.8, 4) is 0 Å². The van der Waals surface area contributed by atoms with Gasteiger partial charge in [0, 0.05) is 37.2 Å². The number of aliphatic hydroxyl groups is 2. The summed E-state index contributed by atoms with van der Waals surface area (Å²) in [6, 6.07) is 0. The Balaban J connectivity index is 1.87. The van der Waals surface area contributed by atoms with Crippen molar-refractivity contribution in [1.29, 1.82) is 0 Å². The van der Waals surface area contributed by atoms with Crippen LogP contribution in [0.25, 0.3) is 0 Å². The van der Waals surface area contributed by atoms with Crippen LogP contribution in [0.4, 0.5) is 0 Å². The highest BCUT2D eigenvalue weighted by atomic mass is 32.1. The maximum Gasteiger partial charge on any atom is 0.106 e. The molecule has 5 nitrogen and oxygen atoms in total. The highest BCUT2D eigenvalue weighted by Crippen LogP contribution is 2.38. The van der Waals surface area contributed by atoms with Crippen molar-refractivity contribution >= 4 is 11.3 Å². The molecule has 3 N–H and O–H groups in total. The van der Waals surface area contributed by atoms with E-state index in [9.17, 15) is 10.2 Å². The Bertz CT molecular complexity index is 348. The fourth-order valence-corrected chi connectivity index (χ4v) is 3.22. The van der Waals surface area contributed by atoms with E-state index in [0.29, 0.717) is 26.0 Å². The maximum atomic E-state index is 9.70. The van der Waals surface area contributed by atoms with Gasteiger partial charge in [-0.1, -0.05) is 0 Å². The van der Waals surface area contributed by atoms with E-state index in [1.54, 1.807) is 24.6 Å². The van der Waals surface area contributed by atoms with Gasteiger partial charge in [-0.05, 0) is 12.8 Å². The number of thiazole rings is 1. The lowest BCUT2D eigenvalue weighted by molar-refractivity contribution is 0.0438. The molecule has 1 aromatic heterocycles. The number of aliphatic hydroxyl groups excluding tert-OH is 2. The first-order chi connectivity index (χ1) is 8.65. The molecule has 0 saturated heterocycles. The van der Waals surface area contributed by atoms with Crippen molar-refractivity contribution in [3.63, 3.8) is 0 Å². The minimum absolute atomic E-state index is 0.176. The lowest BCUT2D eigenvalue weighted by Gasteiger charge is -2.28. The van der Waals surface area contributed by atoms with Crippen molar-refractivity contribution in [2.45, 2.75) is 31.6 Å². The molecule has 0 aliphatic heterocycles. The van der Waals surface area contributed by atoms with E-state index in [2.05, 4.69) is 10.3 Å². The first kappa shape index (κ1) is 13.9. The van der Waals surface area contributed by atoms with Crippen molar-refractivity contribution in [3.05, 3.63) is 16.6 Å². The van der Waals surface area contributed by atoms with E-state index in [1.165, 1.54) is 0 Å². The summed E-state index contributed by atoms with van der Waals surface area (Å²) >= 11 is 1.62. The van der Waals surface area contributed by atoms with Crippen molar-refractivity contribution in [1.82, 2.24) is 10.3 Å². The van der Waals surface area contributed by atoms with Gasteiger partial charge in [-0.2, -0.15) is 0 Å². The van der Waals surface area contributed by atoms with Crippen molar-refractivity contribution in [2.24, 2.45) is 5.41 Å². The fraction of sp³-hybridized carbons (Fsp3) is 0.750. The number of hydrogen-bond acceptors (Lipinski definition) is 6. The third-order valence-electron chi connectivity index (χ3n) is 3.44. The number of nitrogens with zero attached hydrogens (tertiary/aromatic N) is 1. The van der Waals surface area contributed by atoms with Crippen LogP contribution in [0.3, 0.4) is 0 Å².